The molecule has 0 aliphatic heterocycles. The lowest BCUT2D eigenvalue weighted by Gasteiger charge is -2.13. The predicted octanol–water partition coefficient (Wildman–Crippen LogP) is 4.24. The van der Waals surface area contributed by atoms with E-state index < -0.39 is 6.10 Å². The molecular formula is C23H25N3O2. The summed E-state index contributed by atoms with van der Waals surface area (Å²) in [6, 6.07) is 19.8. The van der Waals surface area contributed by atoms with Crippen LogP contribution < -0.4 is 5.43 Å². The number of carbonyl (C=O) groups is 1. The van der Waals surface area contributed by atoms with Gasteiger partial charge in [0.25, 0.3) is 5.91 Å². The number of nitrogens with one attached hydrogen (secondary N) is 1. The fourth-order valence-electron chi connectivity index (χ4n) is 3.26. The van der Waals surface area contributed by atoms with Gasteiger partial charge in [-0.15, -0.1) is 0 Å². The van der Waals surface area contributed by atoms with E-state index in [4.69, 9.17) is 4.74 Å². The molecule has 0 aliphatic carbocycles. The maximum absolute atomic E-state index is 12.4. The van der Waals surface area contributed by atoms with E-state index in [0.29, 0.717) is 0 Å². The first-order chi connectivity index (χ1) is 13.5. The summed E-state index contributed by atoms with van der Waals surface area (Å²) in [7, 11) is 1.51. The first-order valence-electron chi connectivity index (χ1n) is 9.18. The summed E-state index contributed by atoms with van der Waals surface area (Å²) in [5.41, 5.74) is 8.81. The zero-order chi connectivity index (χ0) is 20.1. The summed E-state index contributed by atoms with van der Waals surface area (Å²) >= 11 is 0. The largest absolute Gasteiger partial charge is 0.367 e. The zero-order valence-corrected chi connectivity index (χ0v) is 16.6. The van der Waals surface area contributed by atoms with Gasteiger partial charge in [0.1, 0.15) is 0 Å². The van der Waals surface area contributed by atoms with Gasteiger partial charge in [0.2, 0.25) is 0 Å². The lowest BCUT2D eigenvalue weighted by Crippen LogP contribution is -2.26. The van der Waals surface area contributed by atoms with Crippen LogP contribution in [0.25, 0.3) is 5.69 Å². The maximum Gasteiger partial charge on any atom is 0.273 e. The van der Waals surface area contributed by atoms with Crippen LogP contribution in [0.4, 0.5) is 0 Å². The third-order valence-corrected chi connectivity index (χ3v) is 4.72. The molecule has 0 bridgehead atoms. The molecule has 1 amide bonds. The Bertz CT molecular complexity index is 973. The van der Waals surface area contributed by atoms with Crippen LogP contribution in [0.5, 0.6) is 0 Å². The normalized spacial score (nSPS) is 12.3. The summed E-state index contributed by atoms with van der Waals surface area (Å²) in [5.74, 6) is -0.308. The highest BCUT2D eigenvalue weighted by Crippen LogP contribution is 2.20. The Balaban J connectivity index is 1.75. The molecule has 28 heavy (non-hydrogen) atoms. The van der Waals surface area contributed by atoms with Gasteiger partial charge in [0, 0.05) is 29.7 Å². The van der Waals surface area contributed by atoms with Gasteiger partial charge < -0.3 is 9.30 Å². The molecular weight excluding hydrogens is 350 g/mol. The molecule has 0 spiro atoms. The molecule has 5 nitrogen and oxygen atoms in total. The van der Waals surface area contributed by atoms with Crippen LogP contribution in [0.15, 0.2) is 65.8 Å². The fourth-order valence-corrected chi connectivity index (χ4v) is 3.26. The lowest BCUT2D eigenvalue weighted by molar-refractivity contribution is -0.131. The number of benzene rings is 2. The van der Waals surface area contributed by atoms with Crippen LogP contribution in [-0.2, 0) is 9.53 Å². The third kappa shape index (κ3) is 4.21. The third-order valence-electron chi connectivity index (χ3n) is 4.72. The summed E-state index contributed by atoms with van der Waals surface area (Å²) < 4.78 is 7.50. The number of aromatic nitrogens is 1. The molecule has 2 aromatic carbocycles. The number of aryl methyl sites for hydroxylation is 2. The first-order valence-corrected chi connectivity index (χ1v) is 9.18. The molecule has 3 rings (SSSR count). The zero-order valence-electron chi connectivity index (χ0n) is 16.6. The highest BCUT2D eigenvalue weighted by Gasteiger charge is 2.19. The van der Waals surface area contributed by atoms with Gasteiger partial charge in [-0.3, -0.25) is 4.79 Å². The maximum atomic E-state index is 12.4. The molecule has 1 N–H and O–H groups in total. The summed E-state index contributed by atoms with van der Waals surface area (Å²) in [4.78, 5) is 12.4. The second-order valence-corrected chi connectivity index (χ2v) is 6.76. The molecule has 1 heterocycles. The van der Waals surface area contributed by atoms with Crippen molar-refractivity contribution >= 4 is 12.1 Å². The standard InChI is InChI=1S/C23H25N3O2/c1-16-10-12-21(13-11-16)26-17(2)14-20(18(26)3)15-24-25-23(27)22(28-4)19-8-6-5-7-9-19/h5-15,22H,1-4H3,(H,25,27)/b24-15-/t22-/m0/s1. The minimum absolute atomic E-state index is 0.308. The van der Waals surface area contributed by atoms with Crippen LogP contribution in [0.1, 0.15) is 34.2 Å². The highest BCUT2D eigenvalue weighted by atomic mass is 16.5. The number of hydrazone groups is 1. The Hall–Kier alpha value is -3.18. The SMILES string of the molecule is CO[C@H](C(=O)N/N=C\c1cc(C)n(-c2ccc(C)cc2)c1C)c1ccccc1. The number of hydrogen-bond acceptors (Lipinski definition) is 3. The van der Waals surface area contributed by atoms with E-state index in [1.807, 2.05) is 37.3 Å². The summed E-state index contributed by atoms with van der Waals surface area (Å²) in [6.45, 7) is 6.17. The summed E-state index contributed by atoms with van der Waals surface area (Å²) in [6.07, 6.45) is 0.973. The van der Waals surface area contributed by atoms with Crippen molar-refractivity contribution in [3.63, 3.8) is 0 Å². The minimum atomic E-state index is -0.696. The van der Waals surface area contributed by atoms with E-state index in [1.165, 1.54) is 12.7 Å². The molecule has 0 saturated heterocycles. The molecule has 0 saturated carbocycles. The molecule has 3 aromatic rings. The smallest absolute Gasteiger partial charge is 0.273 e. The molecule has 1 aromatic heterocycles. The van der Waals surface area contributed by atoms with Gasteiger partial charge in [-0.25, -0.2) is 5.43 Å². The number of carbonyl (C=O) groups excluding carboxylic acids is 1. The van der Waals surface area contributed by atoms with E-state index in [-0.39, 0.29) is 5.91 Å². The molecule has 0 fully saturated rings. The number of rotatable bonds is 6. The quantitative estimate of drug-likeness (QED) is 0.517. The number of nitrogens with zero attached hydrogens (tertiary/aromatic N) is 2. The Morgan fingerprint density at radius 1 is 1.07 bits per heavy atom. The van der Waals surface area contributed by atoms with Gasteiger partial charge >= 0.3 is 0 Å². The van der Waals surface area contributed by atoms with Crippen molar-refractivity contribution in [1.82, 2.24) is 9.99 Å². The topological polar surface area (TPSA) is 55.6 Å². The second kappa shape index (κ2) is 8.67. The van der Waals surface area contributed by atoms with Crippen LogP contribution in [0, 0.1) is 20.8 Å². The van der Waals surface area contributed by atoms with Crippen molar-refractivity contribution < 1.29 is 9.53 Å². The molecule has 5 heteroatoms. The number of hydrogen-bond donors (Lipinski definition) is 1. The Kier molecular flexibility index (Phi) is 6.06. The second-order valence-electron chi connectivity index (χ2n) is 6.76. The van der Waals surface area contributed by atoms with Gasteiger partial charge in [-0.2, -0.15) is 5.10 Å². The van der Waals surface area contributed by atoms with E-state index in [9.17, 15) is 4.79 Å². The Morgan fingerprint density at radius 3 is 2.39 bits per heavy atom. The Labute approximate surface area is 165 Å². The van der Waals surface area contributed by atoms with E-state index >= 15 is 0 Å². The van der Waals surface area contributed by atoms with Crippen LogP contribution in [0.2, 0.25) is 0 Å². The van der Waals surface area contributed by atoms with E-state index in [2.05, 4.69) is 59.3 Å². The van der Waals surface area contributed by atoms with Gasteiger partial charge in [-0.05, 0) is 44.5 Å². The lowest BCUT2D eigenvalue weighted by atomic mass is 10.1. The van der Waals surface area contributed by atoms with E-state index in [0.717, 1.165) is 28.2 Å². The predicted molar refractivity (Wildman–Crippen MR) is 112 cm³/mol. The molecule has 0 unspecified atom stereocenters. The average Bonchev–Trinajstić information content (AvgIpc) is 2.97. The molecule has 0 aliphatic rings. The highest BCUT2D eigenvalue weighted by molar-refractivity contribution is 5.86. The van der Waals surface area contributed by atoms with E-state index in [1.54, 1.807) is 6.21 Å². The van der Waals surface area contributed by atoms with Crippen molar-refractivity contribution in [3.8, 4) is 5.69 Å². The van der Waals surface area contributed by atoms with Crippen LogP contribution in [0.3, 0.4) is 0 Å². The molecule has 0 radical (unpaired) electrons. The van der Waals surface area contributed by atoms with Crippen molar-refractivity contribution in [3.05, 3.63) is 88.7 Å². The fraction of sp³-hybridized carbons (Fsp3) is 0.217. The minimum Gasteiger partial charge on any atom is -0.367 e. The summed E-state index contributed by atoms with van der Waals surface area (Å²) in [5, 5.41) is 4.14. The first kappa shape index (κ1) is 19.6. The van der Waals surface area contributed by atoms with Crippen molar-refractivity contribution in [2.75, 3.05) is 7.11 Å². The van der Waals surface area contributed by atoms with Crippen molar-refractivity contribution in [1.29, 1.82) is 0 Å². The number of methoxy groups -OCH3 is 1. The monoisotopic (exact) mass is 375 g/mol. The Morgan fingerprint density at radius 2 is 1.75 bits per heavy atom. The number of ether oxygens (including phenoxy) is 1. The van der Waals surface area contributed by atoms with Crippen LogP contribution in [-0.4, -0.2) is 23.8 Å². The van der Waals surface area contributed by atoms with Crippen molar-refractivity contribution in [2.24, 2.45) is 5.10 Å². The van der Waals surface area contributed by atoms with Crippen molar-refractivity contribution in [2.45, 2.75) is 26.9 Å². The molecule has 144 valence electrons. The van der Waals surface area contributed by atoms with Gasteiger partial charge in [0.15, 0.2) is 6.10 Å². The van der Waals surface area contributed by atoms with Gasteiger partial charge in [0.05, 0.1) is 6.21 Å². The van der Waals surface area contributed by atoms with Gasteiger partial charge in [-0.1, -0.05) is 48.0 Å². The van der Waals surface area contributed by atoms with Crippen LogP contribution >= 0.6 is 0 Å². The molecule has 1 atom stereocenters. The number of amides is 1. The average molecular weight is 375 g/mol.